The van der Waals surface area contributed by atoms with Gasteiger partial charge in [-0.05, 0) is 37.5 Å². The number of rotatable bonds is 3. The van der Waals surface area contributed by atoms with Gasteiger partial charge in [0.15, 0.2) is 0 Å². The molecule has 8 heteroatoms. The standard InChI is InChI=1S/C26H26F3N3O2/c1-14(17-4-3-5-20-18(17)6-7-26(20,28)29)30-24-19-10-21-23(11-22(19)31-15(2)32-24)34-13-16-12-33-9-8-25(16,21)27/h3-5,10-11,14,16H,6-9,12-13H2,1-2H3,(H,30,31,32)/t14-,16?,25?/m1/s1. The first-order chi connectivity index (χ1) is 16.3. The van der Waals surface area contributed by atoms with E-state index in [0.29, 0.717) is 59.1 Å². The van der Waals surface area contributed by atoms with Crippen molar-refractivity contribution in [2.24, 2.45) is 5.92 Å². The molecule has 0 amide bonds. The third-order valence-electron chi connectivity index (χ3n) is 7.49. The van der Waals surface area contributed by atoms with Gasteiger partial charge in [-0.2, -0.15) is 0 Å². The molecule has 2 aliphatic heterocycles. The fourth-order valence-electron chi connectivity index (χ4n) is 5.67. The van der Waals surface area contributed by atoms with E-state index in [0.717, 1.165) is 5.56 Å². The van der Waals surface area contributed by atoms with Crippen LogP contribution in [0.1, 0.15) is 53.9 Å². The van der Waals surface area contributed by atoms with Crippen molar-refractivity contribution in [3.63, 3.8) is 0 Å². The number of benzene rings is 2. The summed E-state index contributed by atoms with van der Waals surface area (Å²) >= 11 is 0. The first-order valence-electron chi connectivity index (χ1n) is 11.8. The number of alkyl halides is 3. The Morgan fingerprint density at radius 2 is 1.94 bits per heavy atom. The Hall–Kier alpha value is -2.87. The summed E-state index contributed by atoms with van der Waals surface area (Å²) < 4.78 is 56.2. The number of halogens is 3. The molecule has 0 saturated carbocycles. The maximum absolute atomic E-state index is 16.2. The average Bonchev–Trinajstić information content (AvgIpc) is 3.12. The number of aromatic nitrogens is 2. The molecular formula is C26H26F3N3O2. The number of hydrogen-bond donors (Lipinski definition) is 1. The lowest BCUT2D eigenvalue weighted by Crippen LogP contribution is -2.45. The second-order valence-electron chi connectivity index (χ2n) is 9.62. The van der Waals surface area contributed by atoms with Crippen LogP contribution in [0.15, 0.2) is 30.3 Å². The zero-order valence-electron chi connectivity index (χ0n) is 19.1. The third-order valence-corrected chi connectivity index (χ3v) is 7.49. The van der Waals surface area contributed by atoms with E-state index in [2.05, 4.69) is 15.3 Å². The van der Waals surface area contributed by atoms with Crippen molar-refractivity contribution in [1.29, 1.82) is 0 Å². The van der Waals surface area contributed by atoms with Crippen molar-refractivity contribution in [3.8, 4) is 5.75 Å². The number of aryl methyl sites for hydroxylation is 1. The van der Waals surface area contributed by atoms with Crippen LogP contribution in [0, 0.1) is 12.8 Å². The van der Waals surface area contributed by atoms with Gasteiger partial charge in [0, 0.05) is 42.0 Å². The normalized spacial score (nSPS) is 25.7. The molecule has 3 aromatic rings. The monoisotopic (exact) mass is 469 g/mol. The van der Waals surface area contributed by atoms with Gasteiger partial charge in [0.1, 0.15) is 23.1 Å². The highest BCUT2D eigenvalue weighted by atomic mass is 19.3. The molecule has 6 rings (SSSR count). The fourth-order valence-corrected chi connectivity index (χ4v) is 5.67. The van der Waals surface area contributed by atoms with Crippen LogP contribution in [0.5, 0.6) is 5.75 Å². The summed E-state index contributed by atoms with van der Waals surface area (Å²) in [5.74, 6) is -1.53. The Morgan fingerprint density at radius 1 is 1.09 bits per heavy atom. The molecule has 0 radical (unpaired) electrons. The number of nitrogens with zero attached hydrogens (tertiary/aromatic N) is 2. The smallest absolute Gasteiger partial charge is 0.273 e. The van der Waals surface area contributed by atoms with Crippen LogP contribution < -0.4 is 10.1 Å². The van der Waals surface area contributed by atoms with Gasteiger partial charge in [0.25, 0.3) is 5.92 Å². The Kier molecular flexibility index (Phi) is 4.82. The van der Waals surface area contributed by atoms with Crippen LogP contribution in [-0.2, 0) is 22.7 Å². The molecule has 3 aliphatic rings. The molecule has 1 fully saturated rings. The summed E-state index contributed by atoms with van der Waals surface area (Å²) in [7, 11) is 0. The van der Waals surface area contributed by atoms with Crippen LogP contribution in [0.3, 0.4) is 0 Å². The van der Waals surface area contributed by atoms with Gasteiger partial charge in [-0.3, -0.25) is 0 Å². The summed E-state index contributed by atoms with van der Waals surface area (Å²) in [6.07, 6.45) is 0.444. The van der Waals surface area contributed by atoms with Crippen LogP contribution in [0.25, 0.3) is 10.9 Å². The lowest BCUT2D eigenvalue weighted by atomic mass is 9.77. The molecule has 3 atom stereocenters. The molecule has 0 bridgehead atoms. The summed E-state index contributed by atoms with van der Waals surface area (Å²) in [5.41, 5.74) is 1.26. The molecule has 2 aromatic carbocycles. The number of ether oxygens (including phenoxy) is 2. The quantitative estimate of drug-likeness (QED) is 0.530. The second kappa shape index (κ2) is 7.57. The number of nitrogens with one attached hydrogen (secondary N) is 1. The summed E-state index contributed by atoms with van der Waals surface area (Å²) in [6, 6.07) is 8.38. The van der Waals surface area contributed by atoms with Crippen LogP contribution >= 0.6 is 0 Å². The molecular weight excluding hydrogens is 443 g/mol. The average molecular weight is 470 g/mol. The summed E-state index contributed by atoms with van der Waals surface area (Å²) in [5, 5.41) is 4.09. The largest absolute Gasteiger partial charge is 0.493 e. The SMILES string of the molecule is Cc1nc(N[C@H](C)c2cccc3c2CCC3(F)F)c2cc3c(cc2n1)OCC1COCCC31F. The minimum absolute atomic E-state index is 0.110. The van der Waals surface area contributed by atoms with Gasteiger partial charge in [-0.1, -0.05) is 18.2 Å². The fraction of sp³-hybridized carbons (Fsp3) is 0.462. The van der Waals surface area contributed by atoms with Gasteiger partial charge in [-0.15, -0.1) is 0 Å². The lowest BCUT2D eigenvalue weighted by Gasteiger charge is -2.42. The maximum atomic E-state index is 16.2. The van der Waals surface area contributed by atoms with Crippen molar-refractivity contribution in [2.75, 3.05) is 25.1 Å². The Bertz CT molecular complexity index is 1300. The number of hydrogen-bond acceptors (Lipinski definition) is 5. The Balaban J connectivity index is 1.42. The second-order valence-corrected chi connectivity index (χ2v) is 9.62. The highest BCUT2D eigenvalue weighted by Crippen LogP contribution is 2.49. The lowest BCUT2D eigenvalue weighted by molar-refractivity contribution is -0.0926. The minimum Gasteiger partial charge on any atom is -0.493 e. The molecule has 1 aromatic heterocycles. The molecule has 34 heavy (non-hydrogen) atoms. The van der Waals surface area contributed by atoms with E-state index < -0.39 is 11.6 Å². The van der Waals surface area contributed by atoms with Gasteiger partial charge in [0.05, 0.1) is 30.7 Å². The summed E-state index contributed by atoms with van der Waals surface area (Å²) in [4.78, 5) is 9.16. The minimum atomic E-state index is -2.79. The van der Waals surface area contributed by atoms with Gasteiger partial charge in [-0.25, -0.2) is 23.1 Å². The van der Waals surface area contributed by atoms with E-state index in [1.807, 2.05) is 13.0 Å². The molecule has 1 N–H and O–H groups in total. The zero-order valence-corrected chi connectivity index (χ0v) is 19.1. The number of fused-ring (bicyclic) bond motifs is 5. The van der Waals surface area contributed by atoms with Crippen LogP contribution in [0.4, 0.5) is 19.0 Å². The molecule has 0 spiro atoms. The van der Waals surface area contributed by atoms with E-state index in [9.17, 15) is 8.78 Å². The highest BCUT2D eigenvalue weighted by molar-refractivity contribution is 5.91. The first-order valence-corrected chi connectivity index (χ1v) is 11.8. The van der Waals surface area contributed by atoms with Gasteiger partial charge < -0.3 is 14.8 Å². The van der Waals surface area contributed by atoms with E-state index >= 15 is 4.39 Å². The molecule has 3 heterocycles. The van der Waals surface area contributed by atoms with Crippen molar-refractivity contribution < 1.29 is 22.6 Å². The van der Waals surface area contributed by atoms with E-state index in [1.54, 1.807) is 25.1 Å². The van der Waals surface area contributed by atoms with E-state index in [4.69, 9.17) is 9.47 Å². The molecule has 1 aliphatic carbocycles. The molecule has 5 nitrogen and oxygen atoms in total. The molecule has 2 unspecified atom stereocenters. The Labute approximate surface area is 195 Å². The summed E-state index contributed by atoms with van der Waals surface area (Å²) in [6.45, 7) is 4.68. The maximum Gasteiger partial charge on any atom is 0.273 e. The topological polar surface area (TPSA) is 56.3 Å². The van der Waals surface area contributed by atoms with Crippen molar-refractivity contribution in [1.82, 2.24) is 9.97 Å². The zero-order chi connectivity index (χ0) is 23.7. The molecule has 1 saturated heterocycles. The number of anilines is 1. The van der Waals surface area contributed by atoms with Gasteiger partial charge in [0.2, 0.25) is 0 Å². The highest BCUT2D eigenvalue weighted by Gasteiger charge is 2.48. The predicted octanol–water partition coefficient (Wildman–Crippen LogP) is 5.74. The Morgan fingerprint density at radius 3 is 2.79 bits per heavy atom. The van der Waals surface area contributed by atoms with E-state index in [1.165, 1.54) is 6.07 Å². The van der Waals surface area contributed by atoms with Crippen molar-refractivity contribution in [2.45, 2.75) is 50.7 Å². The van der Waals surface area contributed by atoms with Gasteiger partial charge >= 0.3 is 0 Å². The van der Waals surface area contributed by atoms with Crippen LogP contribution in [0.2, 0.25) is 0 Å². The predicted molar refractivity (Wildman–Crippen MR) is 122 cm³/mol. The van der Waals surface area contributed by atoms with Crippen molar-refractivity contribution >= 4 is 16.7 Å². The molecule has 178 valence electrons. The van der Waals surface area contributed by atoms with E-state index in [-0.39, 0.29) is 37.0 Å². The third kappa shape index (κ3) is 3.26. The van der Waals surface area contributed by atoms with Crippen molar-refractivity contribution in [3.05, 3.63) is 58.4 Å². The van der Waals surface area contributed by atoms with Crippen LogP contribution in [-0.4, -0.2) is 29.8 Å². The first kappa shape index (κ1) is 21.6.